The first-order valence-electron chi connectivity index (χ1n) is 3.57. The topological polar surface area (TPSA) is 43.1 Å². The number of hydrogen-bond donors (Lipinski definition) is 1. The summed E-state index contributed by atoms with van der Waals surface area (Å²) < 4.78 is 0. The van der Waals surface area contributed by atoms with Crippen LogP contribution in [0.4, 0.5) is 5.69 Å². The highest BCUT2D eigenvalue weighted by atomic mass is 16.1. The summed E-state index contributed by atoms with van der Waals surface area (Å²) in [4.78, 5) is 11.2. The number of Topliss-reactive ketones (excluding diaryl/α,β-unsaturated/α-hetero) is 1. The van der Waals surface area contributed by atoms with Crippen LogP contribution < -0.4 is 5.73 Å². The minimum atomic E-state index is -0.101. The number of rotatable bonds is 2. The molecule has 2 heteroatoms. The maximum Gasteiger partial charge on any atom is 0.176 e. The molecular formula is C10H9NO. The standard InChI is InChI=1S/C10H9NO/c1-2-5-10(12)8-6-3-4-7-9(8)11/h1,3-4,6-7H,5,11H2. The highest BCUT2D eigenvalue weighted by Gasteiger charge is 2.05. The quantitative estimate of drug-likeness (QED) is 0.403. The van der Waals surface area contributed by atoms with Gasteiger partial charge in [-0.15, -0.1) is 6.42 Å². The Bertz CT molecular complexity index is 336. The molecule has 0 fully saturated rings. The number of benzene rings is 1. The average Bonchev–Trinajstić information content (AvgIpc) is 2.05. The molecule has 1 aromatic carbocycles. The summed E-state index contributed by atoms with van der Waals surface area (Å²) in [6.45, 7) is 0. The number of nitrogens with two attached hydrogens (primary N) is 1. The van der Waals surface area contributed by atoms with Crippen LogP contribution in [0.15, 0.2) is 24.3 Å². The molecule has 0 aliphatic carbocycles. The number of carbonyl (C=O) groups is 1. The molecule has 12 heavy (non-hydrogen) atoms. The summed E-state index contributed by atoms with van der Waals surface area (Å²) in [5.41, 5.74) is 6.56. The van der Waals surface area contributed by atoms with Crippen molar-refractivity contribution in [2.24, 2.45) is 0 Å². The van der Waals surface area contributed by atoms with E-state index in [9.17, 15) is 4.79 Å². The monoisotopic (exact) mass is 159 g/mol. The van der Waals surface area contributed by atoms with Gasteiger partial charge in [0.05, 0.1) is 6.42 Å². The lowest BCUT2D eigenvalue weighted by Gasteiger charge is -2.00. The van der Waals surface area contributed by atoms with Gasteiger partial charge in [-0.05, 0) is 12.1 Å². The Labute approximate surface area is 71.4 Å². The zero-order chi connectivity index (χ0) is 8.97. The number of ketones is 1. The summed E-state index contributed by atoms with van der Waals surface area (Å²) >= 11 is 0. The van der Waals surface area contributed by atoms with Crippen LogP contribution in [0.25, 0.3) is 0 Å². The number of hydrogen-bond acceptors (Lipinski definition) is 2. The molecular weight excluding hydrogens is 150 g/mol. The van der Waals surface area contributed by atoms with Gasteiger partial charge in [0.15, 0.2) is 5.78 Å². The summed E-state index contributed by atoms with van der Waals surface area (Å²) in [5, 5.41) is 0. The molecule has 60 valence electrons. The minimum absolute atomic E-state index is 0.101. The average molecular weight is 159 g/mol. The number of anilines is 1. The third-order valence-electron chi connectivity index (χ3n) is 1.52. The van der Waals surface area contributed by atoms with E-state index in [1.807, 2.05) is 0 Å². The molecule has 0 heterocycles. The van der Waals surface area contributed by atoms with Gasteiger partial charge in [0.1, 0.15) is 0 Å². The SMILES string of the molecule is C#CCC(=O)c1ccccc1N. The Morgan fingerprint density at radius 2 is 2.17 bits per heavy atom. The van der Waals surface area contributed by atoms with Gasteiger partial charge in [0, 0.05) is 11.3 Å². The molecule has 2 N–H and O–H groups in total. The van der Waals surface area contributed by atoms with E-state index in [0.717, 1.165) is 0 Å². The second kappa shape index (κ2) is 3.59. The number of nitrogen functional groups attached to an aromatic ring is 1. The minimum Gasteiger partial charge on any atom is -0.398 e. The van der Waals surface area contributed by atoms with Crippen LogP contribution >= 0.6 is 0 Å². The van der Waals surface area contributed by atoms with E-state index in [1.165, 1.54) is 0 Å². The maximum absolute atomic E-state index is 11.2. The lowest BCUT2D eigenvalue weighted by atomic mass is 10.1. The van der Waals surface area contributed by atoms with Crippen molar-refractivity contribution in [2.75, 3.05) is 5.73 Å². The van der Waals surface area contributed by atoms with Crippen LogP contribution in [0.3, 0.4) is 0 Å². The molecule has 0 aromatic heterocycles. The van der Waals surface area contributed by atoms with Crippen LogP contribution in [0.2, 0.25) is 0 Å². The van der Waals surface area contributed by atoms with Crippen molar-refractivity contribution in [3.05, 3.63) is 29.8 Å². The molecule has 0 atom stereocenters. The van der Waals surface area contributed by atoms with Gasteiger partial charge in [0.2, 0.25) is 0 Å². The summed E-state index contributed by atoms with van der Waals surface area (Å²) in [5.74, 6) is 2.19. The van der Waals surface area contributed by atoms with E-state index in [4.69, 9.17) is 12.2 Å². The molecule has 2 nitrogen and oxygen atoms in total. The zero-order valence-electron chi connectivity index (χ0n) is 6.58. The Balaban J connectivity index is 2.97. The van der Waals surface area contributed by atoms with E-state index in [-0.39, 0.29) is 12.2 Å². The Hall–Kier alpha value is -1.75. The molecule has 0 amide bonds. The van der Waals surface area contributed by atoms with Crippen LogP contribution in [0, 0.1) is 12.3 Å². The fraction of sp³-hybridized carbons (Fsp3) is 0.100. The van der Waals surface area contributed by atoms with Crippen LogP contribution in [-0.2, 0) is 0 Å². The molecule has 0 saturated carbocycles. The molecule has 1 aromatic rings. The normalized spacial score (nSPS) is 8.92. The predicted octanol–water partition coefficient (Wildman–Crippen LogP) is 1.47. The summed E-state index contributed by atoms with van der Waals surface area (Å²) in [7, 11) is 0. The fourth-order valence-corrected chi connectivity index (χ4v) is 0.939. The van der Waals surface area contributed by atoms with Crippen molar-refractivity contribution in [1.29, 1.82) is 0 Å². The lowest BCUT2D eigenvalue weighted by molar-refractivity contribution is 0.0999. The van der Waals surface area contributed by atoms with Crippen LogP contribution in [0.1, 0.15) is 16.8 Å². The van der Waals surface area contributed by atoms with E-state index < -0.39 is 0 Å². The van der Waals surface area contributed by atoms with E-state index in [2.05, 4.69) is 5.92 Å². The van der Waals surface area contributed by atoms with Gasteiger partial charge in [0.25, 0.3) is 0 Å². The van der Waals surface area contributed by atoms with E-state index in [0.29, 0.717) is 11.3 Å². The molecule has 0 spiro atoms. The van der Waals surface area contributed by atoms with Gasteiger partial charge in [-0.25, -0.2) is 0 Å². The van der Waals surface area contributed by atoms with Crippen molar-refractivity contribution >= 4 is 11.5 Å². The first-order valence-corrected chi connectivity index (χ1v) is 3.57. The van der Waals surface area contributed by atoms with Crippen molar-refractivity contribution in [3.63, 3.8) is 0 Å². The molecule has 0 aliphatic rings. The van der Waals surface area contributed by atoms with Gasteiger partial charge < -0.3 is 5.73 Å². The van der Waals surface area contributed by atoms with E-state index >= 15 is 0 Å². The smallest absolute Gasteiger partial charge is 0.176 e. The lowest BCUT2D eigenvalue weighted by Crippen LogP contribution is -2.01. The fourth-order valence-electron chi connectivity index (χ4n) is 0.939. The molecule has 1 rings (SSSR count). The molecule has 0 unspecified atom stereocenters. The third kappa shape index (κ3) is 1.64. The number of terminal acetylenes is 1. The third-order valence-corrected chi connectivity index (χ3v) is 1.52. The highest BCUT2D eigenvalue weighted by molar-refractivity contribution is 6.01. The second-order valence-electron chi connectivity index (χ2n) is 2.39. The predicted molar refractivity (Wildman–Crippen MR) is 48.6 cm³/mol. The van der Waals surface area contributed by atoms with Gasteiger partial charge >= 0.3 is 0 Å². The Morgan fingerprint density at radius 1 is 1.50 bits per heavy atom. The first-order chi connectivity index (χ1) is 5.75. The first kappa shape index (κ1) is 8.35. The van der Waals surface area contributed by atoms with Gasteiger partial charge in [-0.2, -0.15) is 0 Å². The Morgan fingerprint density at radius 3 is 2.75 bits per heavy atom. The van der Waals surface area contributed by atoms with Crippen molar-refractivity contribution in [1.82, 2.24) is 0 Å². The van der Waals surface area contributed by atoms with Crippen LogP contribution in [-0.4, -0.2) is 5.78 Å². The molecule has 0 aliphatic heterocycles. The van der Waals surface area contributed by atoms with E-state index in [1.54, 1.807) is 24.3 Å². The van der Waals surface area contributed by atoms with Crippen LogP contribution in [0.5, 0.6) is 0 Å². The molecule has 0 bridgehead atoms. The number of carbonyl (C=O) groups excluding carboxylic acids is 1. The second-order valence-corrected chi connectivity index (χ2v) is 2.39. The maximum atomic E-state index is 11.2. The Kier molecular flexibility index (Phi) is 2.49. The summed E-state index contributed by atoms with van der Waals surface area (Å²) in [6, 6.07) is 6.90. The zero-order valence-corrected chi connectivity index (χ0v) is 6.58. The molecule has 0 radical (unpaired) electrons. The summed E-state index contributed by atoms with van der Waals surface area (Å²) in [6.07, 6.45) is 5.11. The molecule has 0 saturated heterocycles. The highest BCUT2D eigenvalue weighted by Crippen LogP contribution is 2.12. The van der Waals surface area contributed by atoms with Gasteiger partial charge in [-0.1, -0.05) is 18.1 Å². The van der Waals surface area contributed by atoms with Crippen molar-refractivity contribution in [2.45, 2.75) is 6.42 Å². The van der Waals surface area contributed by atoms with Crippen molar-refractivity contribution in [3.8, 4) is 12.3 Å². The largest absolute Gasteiger partial charge is 0.398 e. The van der Waals surface area contributed by atoms with Crippen molar-refractivity contribution < 1.29 is 4.79 Å². The van der Waals surface area contributed by atoms with Gasteiger partial charge in [-0.3, -0.25) is 4.79 Å². The number of para-hydroxylation sites is 1.